The van der Waals surface area contributed by atoms with Crippen LogP contribution in [-0.4, -0.2) is 35.9 Å². The maximum absolute atomic E-state index is 12.2. The Balaban J connectivity index is 2.36. The van der Waals surface area contributed by atoms with Crippen molar-refractivity contribution in [1.82, 2.24) is 0 Å². The number of aliphatic hydroxyl groups is 1. The Hall–Kier alpha value is -2.28. The first-order chi connectivity index (χ1) is 10.3. The summed E-state index contributed by atoms with van der Waals surface area (Å²) in [5.41, 5.74) is 0.780. The molecule has 0 radical (unpaired) electrons. The zero-order chi connectivity index (χ0) is 16.4. The molecule has 0 fully saturated rings. The van der Waals surface area contributed by atoms with E-state index in [0.717, 1.165) is 9.80 Å². The summed E-state index contributed by atoms with van der Waals surface area (Å²) >= 11 is 0. The van der Waals surface area contributed by atoms with Gasteiger partial charge < -0.3 is 14.6 Å². The number of nitrogens with zero attached hydrogens (tertiary/aromatic N) is 2. The van der Waals surface area contributed by atoms with Gasteiger partial charge in [-0.15, -0.1) is 0 Å². The molecule has 1 heterocycles. The summed E-state index contributed by atoms with van der Waals surface area (Å²) in [6.45, 7) is 6.82. The van der Waals surface area contributed by atoms with Gasteiger partial charge in [-0.3, -0.25) is 0 Å². The summed E-state index contributed by atoms with van der Waals surface area (Å²) in [6.07, 6.45) is -3.65. The lowest BCUT2D eigenvalue weighted by Crippen LogP contribution is -2.49. The largest absolute Gasteiger partial charge is 0.446 e. The fourth-order valence-corrected chi connectivity index (χ4v) is 2.14. The number of rotatable bonds is 2. The number of ether oxygens (including phenoxy) is 2. The Morgan fingerprint density at radius 1 is 0.955 bits per heavy atom. The average Bonchev–Trinajstić information content (AvgIpc) is 2.68. The van der Waals surface area contributed by atoms with E-state index in [2.05, 4.69) is 0 Å². The van der Waals surface area contributed by atoms with Crippen LogP contribution in [0.3, 0.4) is 0 Å². The highest BCUT2D eigenvalue weighted by atomic mass is 16.6. The van der Waals surface area contributed by atoms with Crippen molar-refractivity contribution in [3.8, 4) is 0 Å². The number of aliphatic hydroxyl groups excluding tert-OH is 1. The van der Waals surface area contributed by atoms with Crippen LogP contribution in [-0.2, 0) is 9.47 Å². The summed E-state index contributed by atoms with van der Waals surface area (Å²) in [4.78, 5) is 26.4. The van der Waals surface area contributed by atoms with E-state index in [-0.39, 0.29) is 12.2 Å². The zero-order valence-corrected chi connectivity index (χ0v) is 13.0. The van der Waals surface area contributed by atoms with Crippen molar-refractivity contribution in [2.75, 3.05) is 9.80 Å². The predicted octanol–water partition coefficient (Wildman–Crippen LogP) is 2.68. The highest BCUT2D eigenvalue weighted by Gasteiger charge is 2.43. The molecule has 120 valence electrons. The summed E-state index contributed by atoms with van der Waals surface area (Å²) in [5, 5.41) is 10.4. The van der Waals surface area contributed by atoms with Gasteiger partial charge in [0.25, 0.3) is 0 Å². The summed E-state index contributed by atoms with van der Waals surface area (Å²) < 4.78 is 10.2. The predicted molar refractivity (Wildman–Crippen MR) is 80.6 cm³/mol. The van der Waals surface area contributed by atoms with Crippen LogP contribution in [0.5, 0.6) is 0 Å². The molecular weight excluding hydrogens is 288 g/mol. The topological polar surface area (TPSA) is 79.3 Å². The van der Waals surface area contributed by atoms with Crippen LogP contribution in [0.1, 0.15) is 27.7 Å². The zero-order valence-electron chi connectivity index (χ0n) is 13.0. The lowest BCUT2D eigenvalue weighted by atomic mass is 10.2. The second-order valence-electron chi connectivity index (χ2n) is 5.44. The van der Waals surface area contributed by atoms with Crippen molar-refractivity contribution < 1.29 is 24.2 Å². The van der Waals surface area contributed by atoms with Gasteiger partial charge >= 0.3 is 12.2 Å². The van der Waals surface area contributed by atoms with Gasteiger partial charge in [-0.25, -0.2) is 19.4 Å². The fourth-order valence-electron chi connectivity index (χ4n) is 2.14. The molecular formula is C15H20N2O5. The standard InChI is InChI=1S/C15H20N2O5/c1-9(2)21-14(19)16-11-7-5-6-8-12(11)17(13(16)18)15(20)22-10(3)4/h5-10,13,18H,1-4H3. The molecule has 1 aliphatic rings. The second-order valence-corrected chi connectivity index (χ2v) is 5.44. The van der Waals surface area contributed by atoms with E-state index in [9.17, 15) is 14.7 Å². The third kappa shape index (κ3) is 2.99. The number of anilines is 2. The van der Waals surface area contributed by atoms with Crippen LogP contribution in [0.4, 0.5) is 21.0 Å². The molecule has 0 unspecified atom stereocenters. The maximum atomic E-state index is 12.2. The van der Waals surface area contributed by atoms with Gasteiger partial charge in [-0.05, 0) is 39.8 Å². The Morgan fingerprint density at radius 2 is 1.32 bits per heavy atom. The highest BCUT2D eigenvalue weighted by Crippen LogP contribution is 2.39. The van der Waals surface area contributed by atoms with Gasteiger partial charge in [-0.2, -0.15) is 0 Å². The van der Waals surface area contributed by atoms with Crippen LogP contribution >= 0.6 is 0 Å². The van der Waals surface area contributed by atoms with Crippen molar-refractivity contribution in [1.29, 1.82) is 0 Å². The van der Waals surface area contributed by atoms with E-state index in [0.29, 0.717) is 11.4 Å². The van der Waals surface area contributed by atoms with Gasteiger partial charge in [0.1, 0.15) is 0 Å². The molecule has 0 aliphatic carbocycles. The first-order valence-corrected chi connectivity index (χ1v) is 7.09. The van der Waals surface area contributed by atoms with Gasteiger partial charge in [0.2, 0.25) is 6.35 Å². The van der Waals surface area contributed by atoms with Gasteiger partial charge in [0.15, 0.2) is 0 Å². The van der Waals surface area contributed by atoms with Crippen molar-refractivity contribution in [3.63, 3.8) is 0 Å². The van der Waals surface area contributed by atoms with Crippen LogP contribution < -0.4 is 9.80 Å². The van der Waals surface area contributed by atoms with Crippen molar-refractivity contribution >= 4 is 23.6 Å². The minimum Gasteiger partial charge on any atom is -0.446 e. The van der Waals surface area contributed by atoms with E-state index in [4.69, 9.17) is 9.47 Å². The molecule has 1 aromatic carbocycles. The fraction of sp³-hybridized carbons (Fsp3) is 0.467. The SMILES string of the molecule is CC(C)OC(=O)N1c2ccccc2N(C(=O)OC(C)C)C1O. The van der Waals surface area contributed by atoms with E-state index >= 15 is 0 Å². The first kappa shape index (κ1) is 16.1. The van der Waals surface area contributed by atoms with Gasteiger partial charge in [0.05, 0.1) is 23.6 Å². The molecule has 0 saturated carbocycles. The summed E-state index contributed by atoms with van der Waals surface area (Å²) in [6, 6.07) is 6.67. The van der Waals surface area contributed by atoms with Gasteiger partial charge in [0, 0.05) is 0 Å². The molecule has 0 bridgehead atoms. The number of para-hydroxylation sites is 2. The molecule has 2 rings (SSSR count). The molecule has 0 aromatic heterocycles. The van der Waals surface area contributed by atoms with Crippen molar-refractivity contribution in [3.05, 3.63) is 24.3 Å². The lowest BCUT2D eigenvalue weighted by Gasteiger charge is -2.26. The number of benzene rings is 1. The molecule has 0 saturated heterocycles. The molecule has 0 atom stereocenters. The van der Waals surface area contributed by atoms with E-state index in [1.807, 2.05) is 0 Å². The minimum absolute atomic E-state index is 0.344. The summed E-state index contributed by atoms with van der Waals surface area (Å²) in [7, 11) is 0. The smallest absolute Gasteiger partial charge is 0.418 e. The number of amides is 2. The lowest BCUT2D eigenvalue weighted by molar-refractivity contribution is 0.0889. The Bertz CT molecular complexity index is 524. The van der Waals surface area contributed by atoms with Gasteiger partial charge in [-0.1, -0.05) is 12.1 Å². The Labute approximate surface area is 129 Å². The molecule has 7 nitrogen and oxygen atoms in total. The van der Waals surface area contributed by atoms with Crippen molar-refractivity contribution in [2.24, 2.45) is 0 Å². The first-order valence-electron chi connectivity index (χ1n) is 7.09. The maximum Gasteiger partial charge on any atom is 0.418 e. The number of carbonyl (C=O) groups is 2. The molecule has 2 amide bonds. The quantitative estimate of drug-likeness (QED) is 0.908. The second kappa shape index (κ2) is 6.23. The molecule has 7 heteroatoms. The van der Waals surface area contributed by atoms with Crippen molar-refractivity contribution in [2.45, 2.75) is 46.3 Å². The number of hydrogen-bond acceptors (Lipinski definition) is 5. The monoisotopic (exact) mass is 308 g/mol. The third-order valence-corrected chi connectivity index (χ3v) is 2.93. The highest BCUT2D eigenvalue weighted by molar-refractivity contribution is 6.04. The molecule has 0 spiro atoms. The number of fused-ring (bicyclic) bond motifs is 1. The van der Waals surface area contributed by atoms with Crippen LogP contribution in [0.25, 0.3) is 0 Å². The molecule has 1 aromatic rings. The normalized spacial score (nSPS) is 14.5. The average molecular weight is 308 g/mol. The number of carbonyl (C=O) groups excluding carboxylic acids is 2. The molecule has 1 aliphatic heterocycles. The molecule has 1 N–H and O–H groups in total. The summed E-state index contributed by atoms with van der Waals surface area (Å²) in [5.74, 6) is 0. The Kier molecular flexibility index (Phi) is 4.56. The molecule has 22 heavy (non-hydrogen) atoms. The van der Waals surface area contributed by atoms with Crippen LogP contribution in [0.2, 0.25) is 0 Å². The number of hydrogen-bond donors (Lipinski definition) is 1. The minimum atomic E-state index is -1.50. The van der Waals surface area contributed by atoms with E-state index in [1.54, 1.807) is 52.0 Å². The third-order valence-electron chi connectivity index (χ3n) is 2.93. The van der Waals surface area contributed by atoms with Crippen LogP contribution in [0.15, 0.2) is 24.3 Å². The van der Waals surface area contributed by atoms with E-state index < -0.39 is 18.5 Å². The Morgan fingerprint density at radius 3 is 1.64 bits per heavy atom. The van der Waals surface area contributed by atoms with Crippen LogP contribution in [0, 0.1) is 0 Å². The van der Waals surface area contributed by atoms with E-state index in [1.165, 1.54) is 0 Å².